The Morgan fingerprint density at radius 1 is 1.03 bits per heavy atom. The number of benzene rings is 1. The van der Waals surface area contributed by atoms with Gasteiger partial charge < -0.3 is 14.4 Å². The predicted octanol–water partition coefficient (Wildman–Crippen LogP) is 2.22. The lowest BCUT2D eigenvalue weighted by Crippen LogP contribution is -2.43. The summed E-state index contributed by atoms with van der Waals surface area (Å²) in [5.41, 5.74) is 1.10. The molecule has 3 unspecified atom stereocenters. The zero-order valence-corrected chi connectivity index (χ0v) is 17.9. The Balaban J connectivity index is 1.48. The van der Waals surface area contributed by atoms with Crippen LogP contribution in [0.15, 0.2) is 35.6 Å². The lowest BCUT2D eigenvalue weighted by atomic mass is 9.77. The largest absolute Gasteiger partial charge is 0.483 e. The van der Waals surface area contributed by atoms with Crippen LogP contribution in [0.25, 0.3) is 0 Å². The highest BCUT2D eigenvalue weighted by atomic mass is 16.6. The zero-order chi connectivity index (χ0) is 22.2. The number of nitro benzene ring substituents is 1. The molecule has 1 saturated heterocycles. The van der Waals surface area contributed by atoms with Crippen molar-refractivity contribution in [3.8, 4) is 0 Å². The molecule has 3 aliphatic heterocycles. The van der Waals surface area contributed by atoms with Gasteiger partial charge in [-0.1, -0.05) is 6.42 Å². The molecule has 0 aromatic heterocycles. The first-order chi connectivity index (χ1) is 15.5. The number of ether oxygens (including phenoxy) is 2. The molecule has 5 rings (SSSR count). The number of hydrogen-bond donors (Lipinski definition) is 0. The van der Waals surface area contributed by atoms with Crippen molar-refractivity contribution in [3.05, 3.63) is 51.3 Å². The molecule has 3 atom stereocenters. The maximum Gasteiger partial charge on any atom is 0.290 e. The Morgan fingerprint density at radius 2 is 1.75 bits per heavy atom. The maximum atomic E-state index is 13.5. The molecule has 32 heavy (non-hydrogen) atoms. The highest BCUT2D eigenvalue weighted by molar-refractivity contribution is 6.11. The second-order valence-corrected chi connectivity index (χ2v) is 8.86. The summed E-state index contributed by atoms with van der Waals surface area (Å²) in [4.78, 5) is 41.6. The molecule has 0 spiro atoms. The van der Waals surface area contributed by atoms with Crippen LogP contribution >= 0.6 is 0 Å². The van der Waals surface area contributed by atoms with Crippen LogP contribution in [0.1, 0.15) is 37.3 Å². The highest BCUT2D eigenvalue weighted by Gasteiger charge is 2.51. The summed E-state index contributed by atoms with van der Waals surface area (Å²) >= 11 is 0. The molecule has 9 nitrogen and oxygen atoms in total. The number of morpholine rings is 1. The van der Waals surface area contributed by atoms with Gasteiger partial charge in [-0.15, -0.1) is 0 Å². The average molecular weight is 441 g/mol. The number of nitro groups is 1. The molecule has 0 bridgehead atoms. The first kappa shape index (κ1) is 21.1. The van der Waals surface area contributed by atoms with Crippen molar-refractivity contribution < 1.29 is 24.0 Å². The van der Waals surface area contributed by atoms with Crippen molar-refractivity contribution in [1.29, 1.82) is 0 Å². The second kappa shape index (κ2) is 8.63. The Kier molecular flexibility index (Phi) is 5.69. The standard InChI is InChI=1S/C23H27N3O6/c27-21-17-3-1-2-4-18(17)32-22-19(21)20(15-5-7-16(8-6-15)26(29)30)25(23(22)28)10-9-24-11-13-31-14-12-24/h5-8,17-18,20H,1-4,9-14H2. The molecule has 1 aromatic rings. The summed E-state index contributed by atoms with van der Waals surface area (Å²) in [5.74, 6) is -0.283. The van der Waals surface area contributed by atoms with E-state index in [0.29, 0.717) is 37.4 Å². The van der Waals surface area contributed by atoms with E-state index < -0.39 is 11.0 Å². The monoisotopic (exact) mass is 441 g/mol. The third-order valence-corrected chi connectivity index (χ3v) is 7.04. The number of ketones is 1. The van der Waals surface area contributed by atoms with Crippen molar-refractivity contribution in [3.63, 3.8) is 0 Å². The molecule has 2 fully saturated rings. The molecule has 4 aliphatic rings. The molecule has 1 aromatic carbocycles. The number of rotatable bonds is 5. The van der Waals surface area contributed by atoms with Crippen LogP contribution in [0.2, 0.25) is 0 Å². The molecule has 0 N–H and O–H groups in total. The quantitative estimate of drug-likeness (QED) is 0.510. The molecule has 9 heteroatoms. The van der Waals surface area contributed by atoms with Crippen molar-refractivity contribution in [2.75, 3.05) is 39.4 Å². The van der Waals surface area contributed by atoms with E-state index in [9.17, 15) is 19.7 Å². The van der Waals surface area contributed by atoms with E-state index in [1.54, 1.807) is 17.0 Å². The number of fused-ring (bicyclic) bond motifs is 1. The van der Waals surface area contributed by atoms with Crippen LogP contribution in [-0.2, 0) is 19.1 Å². The lowest BCUT2D eigenvalue weighted by Gasteiger charge is -2.35. The van der Waals surface area contributed by atoms with E-state index in [1.165, 1.54) is 12.1 Å². The van der Waals surface area contributed by atoms with E-state index in [0.717, 1.165) is 38.8 Å². The van der Waals surface area contributed by atoms with E-state index in [2.05, 4.69) is 4.90 Å². The van der Waals surface area contributed by atoms with Crippen LogP contribution in [-0.4, -0.2) is 71.9 Å². The number of hydrogen-bond acceptors (Lipinski definition) is 7. The SMILES string of the molecule is O=C1C2=C(OC3CCCCC13)C(=O)N(CCN1CCOCC1)C2c1ccc([N+](=O)[O-])cc1. The minimum atomic E-state index is -0.574. The van der Waals surface area contributed by atoms with Crippen molar-refractivity contribution in [2.24, 2.45) is 5.92 Å². The normalized spacial score (nSPS) is 28.4. The van der Waals surface area contributed by atoms with Crippen LogP contribution in [0, 0.1) is 16.0 Å². The molecular weight excluding hydrogens is 414 g/mol. The third kappa shape index (κ3) is 3.69. The Morgan fingerprint density at radius 3 is 2.47 bits per heavy atom. The Labute approximate surface area is 186 Å². The minimum absolute atomic E-state index is 0.00141. The molecule has 1 saturated carbocycles. The number of nitrogens with zero attached hydrogens (tertiary/aromatic N) is 3. The first-order valence-corrected chi connectivity index (χ1v) is 11.3. The Bertz CT molecular complexity index is 953. The number of carbonyl (C=O) groups excluding carboxylic acids is 2. The highest BCUT2D eigenvalue weighted by Crippen LogP contribution is 2.46. The van der Waals surface area contributed by atoms with Gasteiger partial charge in [0.1, 0.15) is 6.10 Å². The van der Waals surface area contributed by atoms with Gasteiger partial charge in [0, 0.05) is 38.3 Å². The van der Waals surface area contributed by atoms with E-state index >= 15 is 0 Å². The fraction of sp³-hybridized carbons (Fsp3) is 0.565. The fourth-order valence-corrected chi connectivity index (χ4v) is 5.32. The van der Waals surface area contributed by atoms with Gasteiger partial charge in [-0.05, 0) is 37.0 Å². The minimum Gasteiger partial charge on any atom is -0.483 e. The van der Waals surface area contributed by atoms with Crippen LogP contribution in [0.5, 0.6) is 0 Å². The third-order valence-electron chi connectivity index (χ3n) is 7.04. The first-order valence-electron chi connectivity index (χ1n) is 11.3. The lowest BCUT2D eigenvalue weighted by molar-refractivity contribution is -0.384. The van der Waals surface area contributed by atoms with Gasteiger partial charge in [0.15, 0.2) is 11.5 Å². The van der Waals surface area contributed by atoms with Gasteiger partial charge in [0.2, 0.25) is 0 Å². The summed E-state index contributed by atoms with van der Waals surface area (Å²) in [7, 11) is 0. The maximum absolute atomic E-state index is 13.5. The Hall–Kier alpha value is -2.78. The van der Waals surface area contributed by atoms with Crippen LogP contribution < -0.4 is 0 Å². The van der Waals surface area contributed by atoms with Gasteiger partial charge in [-0.3, -0.25) is 24.6 Å². The summed E-state index contributed by atoms with van der Waals surface area (Å²) in [6.07, 6.45) is 3.31. The number of Topliss-reactive ketones (excluding diaryl/α,β-unsaturated/α-hetero) is 1. The van der Waals surface area contributed by atoms with Crippen LogP contribution in [0.4, 0.5) is 5.69 Å². The number of carbonyl (C=O) groups is 2. The van der Waals surface area contributed by atoms with Gasteiger partial charge in [0.05, 0.1) is 35.7 Å². The predicted molar refractivity (Wildman–Crippen MR) is 114 cm³/mol. The molecule has 170 valence electrons. The average Bonchev–Trinajstić information content (AvgIpc) is 3.10. The van der Waals surface area contributed by atoms with Crippen molar-refractivity contribution in [2.45, 2.75) is 37.8 Å². The molecule has 1 aliphatic carbocycles. The van der Waals surface area contributed by atoms with Crippen LogP contribution in [0.3, 0.4) is 0 Å². The van der Waals surface area contributed by atoms with Gasteiger partial charge in [0.25, 0.3) is 11.6 Å². The summed E-state index contributed by atoms with van der Waals surface area (Å²) in [5, 5.41) is 11.1. The summed E-state index contributed by atoms with van der Waals surface area (Å²) in [6.45, 7) is 4.05. The molecule has 1 amide bonds. The van der Waals surface area contributed by atoms with Gasteiger partial charge in [-0.25, -0.2) is 0 Å². The second-order valence-electron chi connectivity index (χ2n) is 8.86. The number of amides is 1. The van der Waals surface area contributed by atoms with E-state index in [-0.39, 0.29) is 35.2 Å². The van der Waals surface area contributed by atoms with E-state index in [1.807, 2.05) is 0 Å². The zero-order valence-electron chi connectivity index (χ0n) is 17.9. The molecular formula is C23H27N3O6. The molecule has 0 radical (unpaired) electrons. The topological polar surface area (TPSA) is 102 Å². The van der Waals surface area contributed by atoms with Crippen molar-refractivity contribution >= 4 is 17.4 Å². The van der Waals surface area contributed by atoms with Gasteiger partial charge in [-0.2, -0.15) is 0 Å². The van der Waals surface area contributed by atoms with Crippen molar-refractivity contribution in [1.82, 2.24) is 9.80 Å². The van der Waals surface area contributed by atoms with E-state index in [4.69, 9.17) is 9.47 Å². The summed E-state index contributed by atoms with van der Waals surface area (Å²) < 4.78 is 11.6. The fourth-order valence-electron chi connectivity index (χ4n) is 5.32. The number of non-ortho nitro benzene ring substituents is 1. The van der Waals surface area contributed by atoms with Gasteiger partial charge >= 0.3 is 0 Å². The smallest absolute Gasteiger partial charge is 0.290 e. The molecule has 3 heterocycles. The summed E-state index contributed by atoms with van der Waals surface area (Å²) in [6, 6.07) is 5.57.